The Morgan fingerprint density at radius 2 is 2.00 bits per heavy atom. The Labute approximate surface area is 79.3 Å². The van der Waals surface area contributed by atoms with Gasteiger partial charge in [-0.25, -0.2) is 0 Å². The Morgan fingerprint density at radius 3 is 2.46 bits per heavy atom. The lowest BCUT2D eigenvalue weighted by Gasteiger charge is -2.26. The van der Waals surface area contributed by atoms with E-state index < -0.39 is 5.97 Å². The van der Waals surface area contributed by atoms with E-state index in [4.69, 9.17) is 10.8 Å². The van der Waals surface area contributed by atoms with Gasteiger partial charge in [0.15, 0.2) is 0 Å². The van der Waals surface area contributed by atoms with Crippen molar-refractivity contribution in [3.63, 3.8) is 0 Å². The first-order chi connectivity index (χ1) is 6.09. The standard InChI is InChI=1S/C10H19NO2/c1-7(10(12)13)6-8-2-4-9(11)5-3-8/h7-9H,2-6,11H2,1H3,(H,12,13). The molecule has 3 heteroatoms. The van der Waals surface area contributed by atoms with Gasteiger partial charge >= 0.3 is 5.97 Å². The summed E-state index contributed by atoms with van der Waals surface area (Å²) in [5.74, 6) is -0.278. The number of nitrogens with two attached hydrogens (primary N) is 1. The molecular formula is C10H19NO2. The summed E-state index contributed by atoms with van der Waals surface area (Å²) < 4.78 is 0. The molecule has 0 aromatic carbocycles. The van der Waals surface area contributed by atoms with Gasteiger partial charge in [-0.05, 0) is 38.0 Å². The van der Waals surface area contributed by atoms with Gasteiger partial charge in [-0.15, -0.1) is 0 Å². The van der Waals surface area contributed by atoms with Crippen LogP contribution >= 0.6 is 0 Å². The minimum Gasteiger partial charge on any atom is -0.481 e. The van der Waals surface area contributed by atoms with E-state index in [1.165, 1.54) is 0 Å². The Bertz CT molecular complexity index is 174. The van der Waals surface area contributed by atoms with Crippen molar-refractivity contribution in [3.05, 3.63) is 0 Å². The third-order valence-corrected chi connectivity index (χ3v) is 3.00. The summed E-state index contributed by atoms with van der Waals surface area (Å²) in [5.41, 5.74) is 5.77. The highest BCUT2D eigenvalue weighted by molar-refractivity contribution is 5.69. The molecule has 0 aromatic heterocycles. The highest BCUT2D eigenvalue weighted by Gasteiger charge is 2.22. The summed E-state index contributed by atoms with van der Waals surface area (Å²) in [6.45, 7) is 1.79. The van der Waals surface area contributed by atoms with E-state index in [9.17, 15) is 4.79 Å². The van der Waals surface area contributed by atoms with Crippen LogP contribution in [0, 0.1) is 11.8 Å². The highest BCUT2D eigenvalue weighted by atomic mass is 16.4. The quantitative estimate of drug-likeness (QED) is 0.702. The molecule has 0 spiro atoms. The average Bonchev–Trinajstić information content (AvgIpc) is 2.08. The largest absolute Gasteiger partial charge is 0.481 e. The van der Waals surface area contributed by atoms with E-state index in [-0.39, 0.29) is 5.92 Å². The van der Waals surface area contributed by atoms with Crippen LogP contribution in [0.4, 0.5) is 0 Å². The summed E-state index contributed by atoms with van der Waals surface area (Å²) in [6.07, 6.45) is 5.17. The predicted octanol–water partition coefficient (Wildman–Crippen LogP) is 1.61. The summed E-state index contributed by atoms with van der Waals surface area (Å²) >= 11 is 0. The molecule has 13 heavy (non-hydrogen) atoms. The first-order valence-corrected chi connectivity index (χ1v) is 5.08. The molecule has 3 N–H and O–H groups in total. The maximum Gasteiger partial charge on any atom is 0.306 e. The lowest BCUT2D eigenvalue weighted by molar-refractivity contribution is -0.141. The highest BCUT2D eigenvalue weighted by Crippen LogP contribution is 2.28. The molecule has 76 valence electrons. The Balaban J connectivity index is 2.26. The average molecular weight is 185 g/mol. The van der Waals surface area contributed by atoms with Crippen molar-refractivity contribution in [2.24, 2.45) is 17.6 Å². The second-order valence-corrected chi connectivity index (χ2v) is 4.26. The van der Waals surface area contributed by atoms with Gasteiger partial charge in [-0.1, -0.05) is 6.92 Å². The molecule has 0 bridgehead atoms. The SMILES string of the molecule is CC(CC1CCC(N)CC1)C(=O)O. The summed E-state index contributed by atoms with van der Waals surface area (Å²) in [5, 5.41) is 8.74. The van der Waals surface area contributed by atoms with Crippen molar-refractivity contribution in [2.45, 2.75) is 45.1 Å². The number of aliphatic carboxylic acids is 1. The van der Waals surface area contributed by atoms with Gasteiger partial charge in [0.1, 0.15) is 0 Å². The number of carboxylic acids is 1. The van der Waals surface area contributed by atoms with Gasteiger partial charge in [0.05, 0.1) is 5.92 Å². The van der Waals surface area contributed by atoms with Crippen LogP contribution < -0.4 is 5.73 Å². The number of hydrogen-bond donors (Lipinski definition) is 2. The third-order valence-electron chi connectivity index (χ3n) is 3.00. The smallest absolute Gasteiger partial charge is 0.306 e. The number of carbonyl (C=O) groups is 1. The third kappa shape index (κ3) is 3.35. The van der Waals surface area contributed by atoms with Crippen molar-refractivity contribution in [3.8, 4) is 0 Å². The topological polar surface area (TPSA) is 63.3 Å². The molecule has 0 aliphatic heterocycles. The fourth-order valence-corrected chi connectivity index (χ4v) is 2.02. The molecule has 1 unspecified atom stereocenters. The maximum atomic E-state index is 10.6. The molecule has 1 aliphatic rings. The molecule has 0 aromatic rings. The van der Waals surface area contributed by atoms with Gasteiger partial charge in [0, 0.05) is 6.04 Å². The minimum absolute atomic E-state index is 0.195. The lowest BCUT2D eigenvalue weighted by Crippen LogP contribution is -2.28. The molecule has 0 radical (unpaired) electrons. The van der Waals surface area contributed by atoms with Crippen molar-refractivity contribution >= 4 is 5.97 Å². The molecule has 1 rings (SSSR count). The maximum absolute atomic E-state index is 10.6. The van der Waals surface area contributed by atoms with Crippen LogP contribution in [-0.2, 0) is 4.79 Å². The van der Waals surface area contributed by atoms with Crippen molar-refractivity contribution < 1.29 is 9.90 Å². The van der Waals surface area contributed by atoms with Crippen LogP contribution in [0.25, 0.3) is 0 Å². The zero-order valence-electron chi connectivity index (χ0n) is 8.20. The first-order valence-electron chi connectivity index (χ1n) is 5.08. The van der Waals surface area contributed by atoms with Gasteiger partial charge < -0.3 is 10.8 Å². The molecule has 0 amide bonds. The van der Waals surface area contributed by atoms with E-state index in [2.05, 4.69) is 0 Å². The van der Waals surface area contributed by atoms with Crippen LogP contribution in [0.2, 0.25) is 0 Å². The van der Waals surface area contributed by atoms with Crippen molar-refractivity contribution in [1.29, 1.82) is 0 Å². The molecule has 1 fully saturated rings. The van der Waals surface area contributed by atoms with E-state index >= 15 is 0 Å². The van der Waals surface area contributed by atoms with Gasteiger partial charge in [-0.2, -0.15) is 0 Å². The van der Waals surface area contributed by atoms with Gasteiger partial charge in [0.2, 0.25) is 0 Å². The molecular weight excluding hydrogens is 166 g/mol. The van der Waals surface area contributed by atoms with Crippen LogP contribution in [0.15, 0.2) is 0 Å². The fraction of sp³-hybridized carbons (Fsp3) is 0.900. The second kappa shape index (κ2) is 4.61. The van der Waals surface area contributed by atoms with E-state index in [0.717, 1.165) is 32.1 Å². The number of carboxylic acid groups (broad SMARTS) is 1. The Morgan fingerprint density at radius 1 is 1.46 bits per heavy atom. The summed E-state index contributed by atoms with van der Waals surface area (Å²) in [7, 11) is 0. The normalized spacial score (nSPS) is 31.2. The number of hydrogen-bond acceptors (Lipinski definition) is 2. The van der Waals surface area contributed by atoms with E-state index in [1.54, 1.807) is 6.92 Å². The van der Waals surface area contributed by atoms with E-state index in [1.807, 2.05) is 0 Å². The summed E-state index contributed by atoms with van der Waals surface area (Å²) in [4.78, 5) is 10.6. The molecule has 0 heterocycles. The van der Waals surface area contributed by atoms with Crippen LogP contribution in [0.5, 0.6) is 0 Å². The lowest BCUT2D eigenvalue weighted by atomic mass is 9.81. The first kappa shape index (κ1) is 10.5. The Hall–Kier alpha value is -0.570. The minimum atomic E-state index is -0.671. The van der Waals surface area contributed by atoms with Gasteiger partial charge in [0.25, 0.3) is 0 Å². The zero-order chi connectivity index (χ0) is 9.84. The molecule has 1 saturated carbocycles. The Kier molecular flexibility index (Phi) is 3.72. The molecule has 1 aliphatic carbocycles. The predicted molar refractivity (Wildman–Crippen MR) is 51.4 cm³/mol. The summed E-state index contributed by atoms with van der Waals surface area (Å²) in [6, 6.07) is 0.358. The van der Waals surface area contributed by atoms with Crippen molar-refractivity contribution in [1.82, 2.24) is 0 Å². The van der Waals surface area contributed by atoms with Crippen LogP contribution in [0.3, 0.4) is 0 Å². The second-order valence-electron chi connectivity index (χ2n) is 4.26. The van der Waals surface area contributed by atoms with Crippen LogP contribution in [0.1, 0.15) is 39.0 Å². The van der Waals surface area contributed by atoms with Gasteiger partial charge in [-0.3, -0.25) is 4.79 Å². The monoisotopic (exact) mass is 185 g/mol. The fourth-order valence-electron chi connectivity index (χ4n) is 2.02. The number of rotatable bonds is 3. The molecule has 1 atom stereocenters. The zero-order valence-corrected chi connectivity index (χ0v) is 8.20. The molecule has 0 saturated heterocycles. The van der Waals surface area contributed by atoms with Crippen LogP contribution in [-0.4, -0.2) is 17.1 Å². The van der Waals surface area contributed by atoms with E-state index in [0.29, 0.717) is 12.0 Å². The van der Waals surface area contributed by atoms with Crippen molar-refractivity contribution in [2.75, 3.05) is 0 Å². The molecule has 3 nitrogen and oxygen atoms in total.